The van der Waals surface area contributed by atoms with E-state index >= 15 is 0 Å². The normalized spacial score (nSPS) is 35.3. The molecule has 9 nitrogen and oxygen atoms in total. The molecule has 0 heterocycles. The Bertz CT molecular complexity index is 1110. The molecule has 4 aliphatic rings. The number of allylic oxidation sites excluding steroid dienone is 1. The van der Waals surface area contributed by atoms with Gasteiger partial charge in [0.1, 0.15) is 32.0 Å². The molecule has 46 heavy (non-hydrogen) atoms. The van der Waals surface area contributed by atoms with Gasteiger partial charge in [0.2, 0.25) is 0 Å². The minimum absolute atomic E-state index is 0.0346. The average molecular weight is 671 g/mol. The van der Waals surface area contributed by atoms with Crippen molar-refractivity contribution in [3.8, 4) is 0 Å². The molecule has 0 aromatic carbocycles. The summed E-state index contributed by atoms with van der Waals surface area (Å²) < 4.78 is 33.3. The summed E-state index contributed by atoms with van der Waals surface area (Å²) in [5, 5.41) is 10.1. The van der Waals surface area contributed by atoms with Gasteiger partial charge in [0, 0.05) is 6.42 Å². The Morgan fingerprint density at radius 1 is 1.02 bits per heavy atom. The highest BCUT2D eigenvalue weighted by Crippen LogP contribution is 2.67. The minimum Gasteiger partial charge on any atom is -0.431 e. The molecule has 0 radical (unpaired) electrons. The maximum absolute atomic E-state index is 12.5. The van der Waals surface area contributed by atoms with E-state index in [0.29, 0.717) is 22.4 Å². The number of ether oxygens (including phenoxy) is 2. The van der Waals surface area contributed by atoms with E-state index < -0.39 is 33.3 Å². The Hall–Kier alpha value is -0.960. The van der Waals surface area contributed by atoms with Crippen LogP contribution in [0.15, 0.2) is 11.6 Å². The van der Waals surface area contributed by atoms with Crippen LogP contribution < -0.4 is 0 Å². The van der Waals surface area contributed by atoms with Gasteiger partial charge in [-0.25, -0.2) is 9.36 Å². The van der Waals surface area contributed by atoms with Crippen LogP contribution >= 0.6 is 7.82 Å². The molecule has 266 valence electrons. The van der Waals surface area contributed by atoms with Gasteiger partial charge in [-0.1, -0.05) is 65.5 Å². The SMILES string of the molecule is CC(C)CCC[C@@H](C)[C@H]1CCC2C3CC=C4C[C@@H](OC(=O)OCC(O)COP(=O)(O)OCC[N+](C)(C)C)CC[C@]4(C)C3CC[C@@]21C. The first-order chi connectivity index (χ1) is 21.4. The molecule has 10 heteroatoms. The zero-order valence-corrected chi connectivity index (χ0v) is 30.9. The van der Waals surface area contributed by atoms with E-state index in [1.165, 1.54) is 50.5 Å². The first-order valence-electron chi connectivity index (χ1n) is 18.1. The highest BCUT2D eigenvalue weighted by Gasteiger charge is 2.59. The van der Waals surface area contributed by atoms with Gasteiger partial charge in [-0.05, 0) is 91.3 Å². The van der Waals surface area contributed by atoms with E-state index in [9.17, 15) is 19.4 Å². The molecule has 0 bridgehead atoms. The Kier molecular flexibility index (Phi) is 12.6. The molecule has 3 saturated carbocycles. The fourth-order valence-corrected chi connectivity index (χ4v) is 10.5. The maximum atomic E-state index is 12.5. The highest BCUT2D eigenvalue weighted by atomic mass is 31.2. The number of aliphatic hydroxyl groups excluding tert-OH is 1. The van der Waals surface area contributed by atoms with Crippen molar-refractivity contribution in [1.82, 2.24) is 0 Å². The Labute approximate surface area is 279 Å². The van der Waals surface area contributed by atoms with Crippen LogP contribution in [0.1, 0.15) is 105 Å². The lowest BCUT2D eigenvalue weighted by molar-refractivity contribution is -0.870. The van der Waals surface area contributed by atoms with Gasteiger partial charge in [-0.2, -0.15) is 0 Å². The topological polar surface area (TPSA) is 112 Å². The Balaban J connectivity index is 1.24. The molecule has 4 rings (SSSR count). The molecule has 10 atom stereocenters. The maximum Gasteiger partial charge on any atom is 0.508 e. The molecule has 0 aromatic heterocycles. The summed E-state index contributed by atoms with van der Waals surface area (Å²) in [6, 6.07) is 0. The first-order valence-corrected chi connectivity index (χ1v) is 19.6. The van der Waals surface area contributed by atoms with Crippen molar-refractivity contribution in [3.05, 3.63) is 11.6 Å². The average Bonchev–Trinajstić information content (AvgIpc) is 3.31. The molecule has 0 amide bonds. The second-order valence-electron chi connectivity index (χ2n) is 17.1. The number of phosphoric ester groups is 1. The van der Waals surface area contributed by atoms with Crippen molar-refractivity contribution in [3.63, 3.8) is 0 Å². The van der Waals surface area contributed by atoms with Crippen LogP contribution in [0.2, 0.25) is 0 Å². The summed E-state index contributed by atoms with van der Waals surface area (Å²) in [4.78, 5) is 22.3. The number of fused-ring (bicyclic) bond motifs is 5. The van der Waals surface area contributed by atoms with Crippen molar-refractivity contribution < 1.29 is 42.4 Å². The van der Waals surface area contributed by atoms with E-state index in [1.54, 1.807) is 0 Å². The number of aliphatic hydroxyl groups is 1. The summed E-state index contributed by atoms with van der Waals surface area (Å²) in [6.45, 7) is 12.0. The van der Waals surface area contributed by atoms with Gasteiger partial charge in [0.15, 0.2) is 0 Å². The van der Waals surface area contributed by atoms with Crippen LogP contribution in [0.4, 0.5) is 4.79 Å². The van der Waals surface area contributed by atoms with Gasteiger partial charge in [-0.15, -0.1) is 0 Å². The molecular weight excluding hydrogens is 605 g/mol. The molecule has 5 unspecified atom stereocenters. The van der Waals surface area contributed by atoms with Gasteiger partial charge in [-0.3, -0.25) is 9.05 Å². The largest absolute Gasteiger partial charge is 0.508 e. The van der Waals surface area contributed by atoms with Crippen LogP contribution in [0, 0.1) is 46.3 Å². The van der Waals surface area contributed by atoms with Gasteiger partial charge < -0.3 is 24.0 Å². The summed E-state index contributed by atoms with van der Waals surface area (Å²) in [5.74, 6) is 4.72. The van der Waals surface area contributed by atoms with Crippen molar-refractivity contribution >= 4 is 14.0 Å². The molecule has 4 aliphatic carbocycles. The quantitative estimate of drug-likeness (QED) is 0.0788. The molecular formula is C36H65NO8P+. The third kappa shape index (κ3) is 9.38. The molecule has 0 saturated heterocycles. The third-order valence-corrected chi connectivity index (χ3v) is 13.3. The van der Waals surface area contributed by atoms with Crippen molar-refractivity contribution in [2.24, 2.45) is 46.3 Å². The van der Waals surface area contributed by atoms with Crippen LogP contribution in [-0.4, -0.2) is 80.4 Å². The summed E-state index contributed by atoms with van der Waals surface area (Å²) in [7, 11) is 1.50. The summed E-state index contributed by atoms with van der Waals surface area (Å²) >= 11 is 0. The van der Waals surface area contributed by atoms with Crippen LogP contribution in [0.5, 0.6) is 0 Å². The van der Waals surface area contributed by atoms with Crippen molar-refractivity contribution in [1.29, 1.82) is 0 Å². The van der Waals surface area contributed by atoms with Gasteiger partial charge in [0.05, 0.1) is 27.7 Å². The van der Waals surface area contributed by atoms with Crippen molar-refractivity contribution in [2.75, 3.05) is 47.5 Å². The smallest absolute Gasteiger partial charge is 0.431 e. The molecule has 2 N–H and O–H groups in total. The van der Waals surface area contributed by atoms with E-state index in [-0.39, 0.29) is 18.1 Å². The number of carbonyl (C=O) groups excluding carboxylic acids is 1. The zero-order valence-electron chi connectivity index (χ0n) is 30.0. The lowest BCUT2D eigenvalue weighted by atomic mass is 9.47. The summed E-state index contributed by atoms with van der Waals surface area (Å²) in [6.07, 6.45) is 13.3. The van der Waals surface area contributed by atoms with Gasteiger partial charge in [0.25, 0.3) is 0 Å². The monoisotopic (exact) mass is 670 g/mol. The lowest BCUT2D eigenvalue weighted by Crippen LogP contribution is -2.51. The van der Waals surface area contributed by atoms with Crippen LogP contribution in [-0.2, 0) is 23.1 Å². The molecule has 3 fully saturated rings. The van der Waals surface area contributed by atoms with E-state index in [4.69, 9.17) is 18.5 Å². The zero-order chi connectivity index (χ0) is 33.9. The fourth-order valence-electron chi connectivity index (χ4n) is 9.78. The number of rotatable bonds is 15. The number of phosphoric acid groups is 1. The van der Waals surface area contributed by atoms with Crippen molar-refractivity contribution in [2.45, 2.75) is 117 Å². The molecule has 0 spiro atoms. The minimum atomic E-state index is -4.31. The second kappa shape index (κ2) is 15.3. The summed E-state index contributed by atoms with van der Waals surface area (Å²) in [5.41, 5.74) is 2.07. The predicted octanol–water partition coefficient (Wildman–Crippen LogP) is 7.75. The fraction of sp³-hybridized carbons (Fsp3) is 0.917. The Morgan fingerprint density at radius 2 is 1.76 bits per heavy atom. The molecule has 0 aromatic rings. The Morgan fingerprint density at radius 3 is 2.46 bits per heavy atom. The highest BCUT2D eigenvalue weighted by molar-refractivity contribution is 7.47. The van der Waals surface area contributed by atoms with Gasteiger partial charge >= 0.3 is 14.0 Å². The number of hydrogen-bond acceptors (Lipinski definition) is 7. The van der Waals surface area contributed by atoms with E-state index in [0.717, 1.165) is 55.3 Å². The number of carbonyl (C=O) groups is 1. The number of quaternary nitrogens is 1. The van der Waals surface area contributed by atoms with Crippen LogP contribution in [0.25, 0.3) is 0 Å². The first kappa shape index (κ1) is 37.9. The number of likely N-dealkylation sites (N-methyl/N-ethyl adjacent to an activating group) is 1. The lowest BCUT2D eigenvalue weighted by Gasteiger charge is -2.58. The number of hydrogen-bond donors (Lipinski definition) is 2. The molecule has 0 aliphatic heterocycles. The number of nitrogens with zero attached hydrogens (tertiary/aromatic N) is 1. The standard InChI is InChI=1S/C36H64NO8P/c1-25(2)10-9-11-26(3)31-14-15-32-30-13-12-27-22-29(16-18-35(27,4)33(30)17-19-36(31,32)5)45-34(39)42-23-28(38)24-44-46(40,41)43-21-20-37(6,7)8/h12,25-26,28-33,38H,9-11,13-24H2,1-8H3/p+1/t26-,28?,29+,30?,31-,32?,33?,35+,36-/m1/s1. The van der Waals surface area contributed by atoms with E-state index in [1.807, 2.05) is 21.1 Å². The third-order valence-electron chi connectivity index (χ3n) is 12.4. The van der Waals surface area contributed by atoms with Crippen LogP contribution in [0.3, 0.4) is 0 Å². The predicted molar refractivity (Wildman–Crippen MR) is 180 cm³/mol. The van der Waals surface area contributed by atoms with E-state index in [2.05, 4.69) is 40.7 Å². The second-order valence-corrected chi connectivity index (χ2v) is 18.6.